The van der Waals surface area contributed by atoms with E-state index in [0.717, 1.165) is 11.5 Å². The fourth-order valence-corrected chi connectivity index (χ4v) is 4.92. The third kappa shape index (κ3) is 2.23. The molecule has 0 atom stereocenters. The molecular formula is C19H16NOSe+. The monoisotopic (exact) mass is 354 g/mol. The molecule has 3 heteroatoms. The molecule has 0 saturated carbocycles. The van der Waals surface area contributed by atoms with Crippen molar-refractivity contribution in [2.75, 3.05) is 0 Å². The topological polar surface area (TPSA) is 13.1 Å². The molecule has 2 nitrogen and oxygen atoms in total. The van der Waals surface area contributed by atoms with Gasteiger partial charge in [0.1, 0.15) is 0 Å². The van der Waals surface area contributed by atoms with Gasteiger partial charge in [0.2, 0.25) is 0 Å². The molecule has 0 amide bonds. The third-order valence-corrected chi connectivity index (χ3v) is 6.21. The van der Waals surface area contributed by atoms with Crippen molar-refractivity contribution in [1.29, 1.82) is 0 Å². The molecule has 0 unspecified atom stereocenters. The summed E-state index contributed by atoms with van der Waals surface area (Å²) in [5, 5.41) is 0. The number of aryl methyl sites for hydroxylation is 2. The van der Waals surface area contributed by atoms with Crippen LogP contribution in [0.15, 0.2) is 60.8 Å². The molecule has 108 valence electrons. The molecule has 0 fully saturated rings. The number of aromatic nitrogens is 1. The molecule has 1 aliphatic rings. The van der Waals surface area contributed by atoms with E-state index in [4.69, 9.17) is 4.74 Å². The van der Waals surface area contributed by atoms with Crippen molar-refractivity contribution >= 4 is 23.9 Å². The predicted octanol–water partition coefficient (Wildman–Crippen LogP) is 2.25. The van der Waals surface area contributed by atoms with E-state index in [1.807, 2.05) is 12.1 Å². The molecule has 0 aliphatic carbocycles. The molecule has 2 aromatic carbocycles. The Morgan fingerprint density at radius 1 is 0.909 bits per heavy atom. The van der Waals surface area contributed by atoms with Crippen molar-refractivity contribution in [1.82, 2.24) is 0 Å². The molecule has 0 saturated heterocycles. The van der Waals surface area contributed by atoms with Crippen LogP contribution in [-0.2, 0) is 7.05 Å². The zero-order chi connectivity index (χ0) is 15.1. The number of ether oxygens (including phenoxy) is 1. The zero-order valence-electron chi connectivity index (χ0n) is 12.5. The quantitative estimate of drug-likeness (QED) is 0.378. The first-order valence-corrected chi connectivity index (χ1v) is 8.98. The van der Waals surface area contributed by atoms with Crippen LogP contribution in [0.1, 0.15) is 5.56 Å². The normalized spacial score (nSPS) is 12.3. The average molecular weight is 353 g/mol. The Labute approximate surface area is 136 Å². The van der Waals surface area contributed by atoms with Gasteiger partial charge in [0.15, 0.2) is 0 Å². The van der Waals surface area contributed by atoms with Crippen LogP contribution in [0.3, 0.4) is 0 Å². The fraction of sp³-hybridized carbons (Fsp3) is 0.105. The third-order valence-electron chi connectivity index (χ3n) is 3.91. The first-order valence-electron chi connectivity index (χ1n) is 7.27. The van der Waals surface area contributed by atoms with Crippen LogP contribution in [0.5, 0.6) is 11.5 Å². The van der Waals surface area contributed by atoms with Crippen LogP contribution in [0.25, 0.3) is 11.3 Å². The molecule has 3 aromatic rings. The second-order valence-corrected chi connectivity index (χ2v) is 7.74. The number of pyridine rings is 1. The van der Waals surface area contributed by atoms with E-state index >= 15 is 0 Å². The van der Waals surface area contributed by atoms with E-state index in [1.54, 1.807) is 0 Å². The van der Waals surface area contributed by atoms with Gasteiger partial charge in [0.05, 0.1) is 0 Å². The Hall–Kier alpha value is -2.09. The summed E-state index contributed by atoms with van der Waals surface area (Å²) in [4.78, 5) is 0. The van der Waals surface area contributed by atoms with E-state index < -0.39 is 0 Å². The van der Waals surface area contributed by atoms with E-state index in [1.165, 1.54) is 25.7 Å². The Morgan fingerprint density at radius 2 is 1.73 bits per heavy atom. The molecule has 1 aromatic heterocycles. The van der Waals surface area contributed by atoms with E-state index in [9.17, 15) is 0 Å². The van der Waals surface area contributed by atoms with E-state index in [0.29, 0.717) is 15.0 Å². The van der Waals surface area contributed by atoms with E-state index in [-0.39, 0.29) is 0 Å². The van der Waals surface area contributed by atoms with Crippen LogP contribution in [0.2, 0.25) is 0 Å². The Balaban J connectivity index is 1.84. The van der Waals surface area contributed by atoms with Crippen molar-refractivity contribution in [2.24, 2.45) is 7.05 Å². The summed E-state index contributed by atoms with van der Waals surface area (Å²) in [6.07, 6.45) is 2.08. The van der Waals surface area contributed by atoms with Gasteiger partial charge in [0.25, 0.3) is 0 Å². The van der Waals surface area contributed by atoms with Gasteiger partial charge >= 0.3 is 136 Å². The van der Waals surface area contributed by atoms with Crippen molar-refractivity contribution in [2.45, 2.75) is 6.92 Å². The van der Waals surface area contributed by atoms with Gasteiger partial charge in [-0.3, -0.25) is 0 Å². The number of para-hydroxylation sites is 1. The standard InChI is InChI=1S/C19H16NOSe/c1-13-11-19-17(21-16-8-3-4-9-18(16)22-19)12-14(13)15-7-5-6-10-20(15)2/h3-12H,1-2H3/q+1. The average Bonchev–Trinajstić information content (AvgIpc) is 2.53. The molecule has 4 rings (SSSR count). The molecule has 22 heavy (non-hydrogen) atoms. The Morgan fingerprint density at radius 3 is 2.59 bits per heavy atom. The van der Waals surface area contributed by atoms with Crippen LogP contribution in [-0.4, -0.2) is 15.0 Å². The summed E-state index contributed by atoms with van der Waals surface area (Å²) in [5.41, 5.74) is 3.74. The van der Waals surface area contributed by atoms with Gasteiger partial charge in [-0.25, -0.2) is 0 Å². The summed E-state index contributed by atoms with van der Waals surface area (Å²) in [7, 11) is 2.08. The number of hydrogen-bond donors (Lipinski definition) is 0. The van der Waals surface area contributed by atoms with E-state index in [2.05, 4.69) is 67.2 Å². The Bertz CT molecular complexity index is 873. The number of fused-ring (bicyclic) bond motifs is 2. The molecule has 0 bridgehead atoms. The van der Waals surface area contributed by atoms with Crippen molar-refractivity contribution in [3.05, 3.63) is 66.4 Å². The summed E-state index contributed by atoms with van der Waals surface area (Å²) >= 11 is 0.312. The summed E-state index contributed by atoms with van der Waals surface area (Å²) in [6, 6.07) is 19.1. The van der Waals surface area contributed by atoms with Gasteiger partial charge in [-0.1, -0.05) is 0 Å². The summed E-state index contributed by atoms with van der Waals surface area (Å²) in [6.45, 7) is 2.18. The number of benzene rings is 2. The minimum absolute atomic E-state index is 0.312. The molecular weight excluding hydrogens is 337 g/mol. The molecule has 0 N–H and O–H groups in total. The van der Waals surface area contributed by atoms with Crippen molar-refractivity contribution in [3.8, 4) is 22.8 Å². The molecule has 0 spiro atoms. The summed E-state index contributed by atoms with van der Waals surface area (Å²) in [5.74, 6) is 2.00. The van der Waals surface area contributed by atoms with Gasteiger partial charge < -0.3 is 0 Å². The van der Waals surface area contributed by atoms with Crippen LogP contribution < -0.4 is 18.2 Å². The maximum absolute atomic E-state index is 6.14. The second-order valence-electron chi connectivity index (χ2n) is 5.46. The van der Waals surface area contributed by atoms with Crippen molar-refractivity contribution in [3.63, 3.8) is 0 Å². The molecule has 1 aliphatic heterocycles. The van der Waals surface area contributed by atoms with Gasteiger partial charge in [0, 0.05) is 0 Å². The number of rotatable bonds is 1. The zero-order valence-corrected chi connectivity index (χ0v) is 14.3. The molecule has 0 radical (unpaired) electrons. The predicted molar refractivity (Wildman–Crippen MR) is 89.3 cm³/mol. The van der Waals surface area contributed by atoms with Crippen molar-refractivity contribution < 1.29 is 9.30 Å². The first kappa shape index (κ1) is 13.6. The molecule has 2 heterocycles. The SMILES string of the molecule is Cc1cc2c(cc1-c1cccc[n+]1C)Oc1ccccc1[Se]2. The second kappa shape index (κ2) is 5.27. The Kier molecular flexibility index (Phi) is 3.25. The number of hydrogen-bond acceptors (Lipinski definition) is 1. The van der Waals surface area contributed by atoms with Crippen LogP contribution >= 0.6 is 0 Å². The first-order chi connectivity index (χ1) is 10.7. The summed E-state index contributed by atoms with van der Waals surface area (Å²) < 4.78 is 10.9. The number of nitrogens with zero attached hydrogens (tertiary/aromatic N) is 1. The minimum atomic E-state index is 0.312. The van der Waals surface area contributed by atoms with Gasteiger partial charge in [-0.15, -0.1) is 0 Å². The van der Waals surface area contributed by atoms with Crippen LogP contribution in [0.4, 0.5) is 0 Å². The van der Waals surface area contributed by atoms with Crippen LogP contribution in [0, 0.1) is 6.92 Å². The fourth-order valence-electron chi connectivity index (χ4n) is 2.76. The maximum atomic E-state index is 6.14. The van der Waals surface area contributed by atoms with Gasteiger partial charge in [-0.05, 0) is 0 Å². The van der Waals surface area contributed by atoms with Gasteiger partial charge in [-0.2, -0.15) is 0 Å².